The van der Waals surface area contributed by atoms with E-state index in [0.29, 0.717) is 0 Å². The van der Waals surface area contributed by atoms with E-state index >= 15 is 0 Å². The highest BCUT2D eigenvalue weighted by atomic mass is 32.1. The quantitative estimate of drug-likeness (QED) is 0.909. The average Bonchev–Trinajstić information content (AvgIpc) is 2.81. The Kier molecular flexibility index (Phi) is 4.46. The van der Waals surface area contributed by atoms with Crippen molar-refractivity contribution in [2.24, 2.45) is 5.73 Å². The lowest BCUT2D eigenvalue weighted by Gasteiger charge is -2.11. The second-order valence-electron chi connectivity index (χ2n) is 4.47. The van der Waals surface area contributed by atoms with Crippen molar-refractivity contribution in [1.82, 2.24) is 10.3 Å². The number of benzene rings is 1. The summed E-state index contributed by atoms with van der Waals surface area (Å²) in [6, 6.07) is 6.07. The van der Waals surface area contributed by atoms with E-state index in [2.05, 4.69) is 10.3 Å². The maximum atomic E-state index is 12.9. The van der Waals surface area contributed by atoms with Crippen LogP contribution in [0.2, 0.25) is 0 Å². The summed E-state index contributed by atoms with van der Waals surface area (Å²) in [5.41, 5.74) is 7.01. The van der Waals surface area contributed by atoms with E-state index in [0.717, 1.165) is 21.1 Å². The SMILES string of the molecule is Cc1nc(-c2ccc(F)cc2)sc1C(C)NC(=O)CN. The number of halogens is 1. The van der Waals surface area contributed by atoms with Crippen LogP contribution in [0, 0.1) is 12.7 Å². The first-order valence-electron chi connectivity index (χ1n) is 6.24. The van der Waals surface area contributed by atoms with E-state index in [1.54, 1.807) is 12.1 Å². The molecule has 0 radical (unpaired) electrons. The summed E-state index contributed by atoms with van der Waals surface area (Å²) < 4.78 is 12.9. The van der Waals surface area contributed by atoms with Crippen LogP contribution < -0.4 is 11.1 Å². The van der Waals surface area contributed by atoms with Crippen molar-refractivity contribution in [2.45, 2.75) is 19.9 Å². The highest BCUT2D eigenvalue weighted by molar-refractivity contribution is 7.15. The van der Waals surface area contributed by atoms with E-state index in [4.69, 9.17) is 5.73 Å². The van der Waals surface area contributed by atoms with Gasteiger partial charge in [0.25, 0.3) is 0 Å². The van der Waals surface area contributed by atoms with Crippen molar-refractivity contribution in [3.63, 3.8) is 0 Å². The van der Waals surface area contributed by atoms with E-state index in [-0.39, 0.29) is 24.3 Å². The Morgan fingerprint density at radius 1 is 1.45 bits per heavy atom. The second-order valence-corrected chi connectivity index (χ2v) is 5.50. The van der Waals surface area contributed by atoms with Gasteiger partial charge in [-0.25, -0.2) is 9.37 Å². The first-order valence-corrected chi connectivity index (χ1v) is 7.05. The van der Waals surface area contributed by atoms with Crippen molar-refractivity contribution < 1.29 is 9.18 Å². The van der Waals surface area contributed by atoms with Crippen LogP contribution in [0.1, 0.15) is 23.5 Å². The van der Waals surface area contributed by atoms with Crippen molar-refractivity contribution in [1.29, 1.82) is 0 Å². The summed E-state index contributed by atoms with van der Waals surface area (Å²) in [7, 11) is 0. The molecule has 0 aliphatic rings. The fourth-order valence-electron chi connectivity index (χ4n) is 1.89. The summed E-state index contributed by atoms with van der Waals surface area (Å²) in [6.07, 6.45) is 0. The molecule has 6 heteroatoms. The smallest absolute Gasteiger partial charge is 0.234 e. The minimum Gasteiger partial charge on any atom is -0.348 e. The molecule has 0 saturated carbocycles. The Morgan fingerprint density at radius 3 is 2.70 bits per heavy atom. The highest BCUT2D eigenvalue weighted by Gasteiger charge is 2.16. The monoisotopic (exact) mass is 293 g/mol. The number of aryl methyl sites for hydroxylation is 1. The Bertz CT molecular complexity index is 609. The summed E-state index contributed by atoms with van der Waals surface area (Å²) in [5.74, 6) is -0.473. The Morgan fingerprint density at radius 2 is 2.10 bits per heavy atom. The maximum Gasteiger partial charge on any atom is 0.234 e. The van der Waals surface area contributed by atoms with Crippen LogP contribution in [0.25, 0.3) is 10.6 Å². The van der Waals surface area contributed by atoms with Crippen molar-refractivity contribution in [3.05, 3.63) is 40.7 Å². The van der Waals surface area contributed by atoms with Gasteiger partial charge >= 0.3 is 0 Å². The van der Waals surface area contributed by atoms with Gasteiger partial charge in [0.2, 0.25) is 5.91 Å². The van der Waals surface area contributed by atoms with Gasteiger partial charge < -0.3 is 11.1 Å². The molecule has 1 unspecified atom stereocenters. The molecule has 3 N–H and O–H groups in total. The molecule has 0 fully saturated rings. The number of nitrogens with one attached hydrogen (secondary N) is 1. The summed E-state index contributed by atoms with van der Waals surface area (Å²) in [6.45, 7) is 3.75. The minimum absolute atomic E-state index is 0.0347. The molecule has 0 aliphatic heterocycles. The molecule has 106 valence electrons. The van der Waals surface area contributed by atoms with Crippen molar-refractivity contribution >= 4 is 17.2 Å². The number of carbonyl (C=O) groups is 1. The number of aromatic nitrogens is 1. The topological polar surface area (TPSA) is 68.0 Å². The molecular formula is C14H16FN3OS. The molecule has 1 heterocycles. The maximum absolute atomic E-state index is 12.9. The predicted molar refractivity (Wildman–Crippen MR) is 77.9 cm³/mol. The van der Waals surface area contributed by atoms with Crippen LogP contribution in [-0.4, -0.2) is 17.4 Å². The summed E-state index contributed by atoms with van der Waals surface area (Å²) in [4.78, 5) is 16.8. The van der Waals surface area contributed by atoms with Gasteiger partial charge in [-0.1, -0.05) is 0 Å². The molecule has 0 saturated heterocycles. The van der Waals surface area contributed by atoms with E-state index < -0.39 is 0 Å². The molecular weight excluding hydrogens is 277 g/mol. The number of amides is 1. The molecule has 1 aromatic heterocycles. The second kappa shape index (κ2) is 6.11. The fraction of sp³-hybridized carbons (Fsp3) is 0.286. The molecule has 2 rings (SSSR count). The van der Waals surface area contributed by atoms with Crippen LogP contribution >= 0.6 is 11.3 Å². The largest absolute Gasteiger partial charge is 0.348 e. The van der Waals surface area contributed by atoms with Crippen LogP contribution in [-0.2, 0) is 4.79 Å². The normalized spacial score (nSPS) is 12.2. The summed E-state index contributed by atoms with van der Waals surface area (Å²) in [5, 5.41) is 3.62. The number of hydrogen-bond donors (Lipinski definition) is 2. The third kappa shape index (κ3) is 3.20. The van der Waals surface area contributed by atoms with Crippen molar-refractivity contribution in [3.8, 4) is 10.6 Å². The first-order chi connectivity index (χ1) is 9.51. The number of nitrogens with zero attached hydrogens (tertiary/aromatic N) is 1. The van der Waals surface area contributed by atoms with Gasteiger partial charge in [0.1, 0.15) is 10.8 Å². The van der Waals surface area contributed by atoms with Gasteiger partial charge in [0, 0.05) is 5.56 Å². The summed E-state index contributed by atoms with van der Waals surface area (Å²) >= 11 is 1.49. The molecule has 1 amide bonds. The minimum atomic E-state index is -0.272. The molecule has 1 atom stereocenters. The zero-order valence-corrected chi connectivity index (χ0v) is 12.1. The lowest BCUT2D eigenvalue weighted by Crippen LogP contribution is -2.32. The Hall–Kier alpha value is -1.79. The fourth-order valence-corrected chi connectivity index (χ4v) is 2.97. The van der Waals surface area contributed by atoms with Gasteiger partial charge in [0.15, 0.2) is 0 Å². The first kappa shape index (κ1) is 14.6. The molecule has 0 bridgehead atoms. The average molecular weight is 293 g/mol. The number of nitrogens with two attached hydrogens (primary N) is 1. The van der Waals surface area contributed by atoms with Gasteiger partial charge in [-0.15, -0.1) is 11.3 Å². The number of rotatable bonds is 4. The van der Waals surface area contributed by atoms with Gasteiger partial charge in [-0.05, 0) is 38.1 Å². The lowest BCUT2D eigenvalue weighted by atomic mass is 10.2. The predicted octanol–water partition coefficient (Wildman–Crippen LogP) is 2.39. The van der Waals surface area contributed by atoms with Gasteiger partial charge in [-0.3, -0.25) is 4.79 Å². The third-order valence-electron chi connectivity index (χ3n) is 2.88. The molecule has 0 aliphatic carbocycles. The van der Waals surface area contributed by atoms with Crippen LogP contribution in [0.15, 0.2) is 24.3 Å². The van der Waals surface area contributed by atoms with Gasteiger partial charge in [0.05, 0.1) is 23.2 Å². The highest BCUT2D eigenvalue weighted by Crippen LogP contribution is 2.31. The Labute approximate surface area is 120 Å². The van der Waals surface area contributed by atoms with E-state index in [9.17, 15) is 9.18 Å². The molecule has 2 aromatic rings. The standard InChI is InChI=1S/C14H16FN3OS/c1-8(17-12(19)7-16)13-9(2)18-14(20-13)10-3-5-11(15)6-4-10/h3-6,8H,7,16H2,1-2H3,(H,17,19). The lowest BCUT2D eigenvalue weighted by molar-refractivity contribution is -0.120. The van der Waals surface area contributed by atoms with Crippen molar-refractivity contribution in [2.75, 3.05) is 6.54 Å². The molecule has 1 aromatic carbocycles. The van der Waals surface area contributed by atoms with E-state index in [1.807, 2.05) is 13.8 Å². The zero-order chi connectivity index (χ0) is 14.7. The van der Waals surface area contributed by atoms with Crippen LogP contribution in [0.4, 0.5) is 4.39 Å². The Balaban J connectivity index is 2.25. The van der Waals surface area contributed by atoms with E-state index in [1.165, 1.54) is 23.5 Å². The van der Waals surface area contributed by atoms with Crippen LogP contribution in [0.5, 0.6) is 0 Å². The molecule has 0 spiro atoms. The van der Waals surface area contributed by atoms with Crippen LogP contribution in [0.3, 0.4) is 0 Å². The molecule has 4 nitrogen and oxygen atoms in total. The zero-order valence-electron chi connectivity index (χ0n) is 11.3. The van der Waals surface area contributed by atoms with Gasteiger partial charge in [-0.2, -0.15) is 0 Å². The number of thiazole rings is 1. The number of hydrogen-bond acceptors (Lipinski definition) is 4. The third-order valence-corrected chi connectivity index (χ3v) is 4.27. The molecule has 20 heavy (non-hydrogen) atoms. The number of carbonyl (C=O) groups excluding carboxylic acids is 1.